The summed E-state index contributed by atoms with van der Waals surface area (Å²) in [7, 11) is 0. The van der Waals surface area contributed by atoms with Crippen molar-refractivity contribution in [3.8, 4) is 11.7 Å². The first kappa shape index (κ1) is 11.3. The highest BCUT2D eigenvalue weighted by Crippen LogP contribution is 2.24. The second-order valence-corrected chi connectivity index (χ2v) is 3.29. The zero-order valence-corrected chi connectivity index (χ0v) is 8.83. The lowest BCUT2D eigenvalue weighted by Gasteiger charge is -1.89. The van der Waals surface area contributed by atoms with Gasteiger partial charge in [-0.15, -0.1) is 10.2 Å². The van der Waals surface area contributed by atoms with Crippen LogP contribution in [0, 0.1) is 10.1 Å². The number of furan rings is 1. The van der Waals surface area contributed by atoms with E-state index in [0.29, 0.717) is 18.9 Å². The van der Waals surface area contributed by atoms with Gasteiger partial charge in [-0.3, -0.25) is 10.1 Å². The van der Waals surface area contributed by atoms with Crippen LogP contribution in [0.15, 0.2) is 21.0 Å². The lowest BCUT2D eigenvalue weighted by Crippen LogP contribution is -2.00. The van der Waals surface area contributed by atoms with Crippen LogP contribution in [0.5, 0.6) is 0 Å². The first-order chi connectivity index (χ1) is 8.20. The molecule has 2 heterocycles. The first-order valence-corrected chi connectivity index (χ1v) is 4.97. The van der Waals surface area contributed by atoms with Gasteiger partial charge in [0.25, 0.3) is 5.89 Å². The third-order valence-corrected chi connectivity index (χ3v) is 2.04. The van der Waals surface area contributed by atoms with Crippen molar-refractivity contribution in [2.24, 2.45) is 5.73 Å². The predicted octanol–water partition coefficient (Wildman–Crippen LogP) is 1.13. The van der Waals surface area contributed by atoms with E-state index < -0.39 is 4.92 Å². The summed E-state index contributed by atoms with van der Waals surface area (Å²) in [5, 5.41) is 17.9. The Bertz CT molecular complexity index is 519. The standard InChI is InChI=1S/C9H10N4O4/c10-5-1-2-7-11-12-9(17-7)6-3-4-8(16-6)13(14)15/h3-4H,1-2,5,10H2. The van der Waals surface area contributed by atoms with Crippen LogP contribution in [0.1, 0.15) is 12.3 Å². The van der Waals surface area contributed by atoms with E-state index in [1.54, 1.807) is 0 Å². The Balaban J connectivity index is 2.15. The van der Waals surface area contributed by atoms with Gasteiger partial charge < -0.3 is 14.6 Å². The third kappa shape index (κ3) is 2.48. The summed E-state index contributed by atoms with van der Waals surface area (Å²) in [4.78, 5) is 9.79. The molecule has 90 valence electrons. The molecule has 8 heteroatoms. The summed E-state index contributed by atoms with van der Waals surface area (Å²) >= 11 is 0. The predicted molar refractivity (Wildman–Crippen MR) is 56.0 cm³/mol. The van der Waals surface area contributed by atoms with Gasteiger partial charge in [-0.05, 0) is 19.0 Å². The monoisotopic (exact) mass is 238 g/mol. The van der Waals surface area contributed by atoms with Crippen LogP contribution < -0.4 is 5.73 Å². The fourth-order valence-electron chi connectivity index (χ4n) is 1.25. The smallest absolute Gasteiger partial charge is 0.418 e. The van der Waals surface area contributed by atoms with Crippen molar-refractivity contribution in [3.05, 3.63) is 28.1 Å². The van der Waals surface area contributed by atoms with Crippen molar-refractivity contribution in [1.29, 1.82) is 0 Å². The van der Waals surface area contributed by atoms with Crippen LogP contribution in [0.3, 0.4) is 0 Å². The Kier molecular flexibility index (Phi) is 3.15. The van der Waals surface area contributed by atoms with E-state index in [1.165, 1.54) is 12.1 Å². The molecule has 0 fully saturated rings. The highest BCUT2D eigenvalue weighted by Gasteiger charge is 2.17. The van der Waals surface area contributed by atoms with Crippen LogP contribution in [0.25, 0.3) is 11.7 Å². The second kappa shape index (κ2) is 4.74. The maximum Gasteiger partial charge on any atom is 0.433 e. The Morgan fingerprint density at radius 2 is 2.18 bits per heavy atom. The molecular weight excluding hydrogens is 228 g/mol. The van der Waals surface area contributed by atoms with Crippen molar-refractivity contribution < 1.29 is 13.8 Å². The number of aromatic nitrogens is 2. The summed E-state index contributed by atoms with van der Waals surface area (Å²) in [5.41, 5.74) is 5.35. The molecule has 0 atom stereocenters. The molecule has 0 amide bonds. The highest BCUT2D eigenvalue weighted by atomic mass is 16.6. The average molecular weight is 238 g/mol. The minimum absolute atomic E-state index is 0.130. The number of hydrogen-bond donors (Lipinski definition) is 1. The summed E-state index contributed by atoms with van der Waals surface area (Å²) in [6.45, 7) is 0.532. The van der Waals surface area contributed by atoms with E-state index in [9.17, 15) is 10.1 Å². The van der Waals surface area contributed by atoms with Crippen molar-refractivity contribution in [2.75, 3.05) is 6.54 Å². The number of nitrogens with two attached hydrogens (primary N) is 1. The van der Waals surface area contributed by atoms with Crippen LogP contribution >= 0.6 is 0 Å². The summed E-state index contributed by atoms with van der Waals surface area (Å²) in [6.07, 6.45) is 1.31. The molecular formula is C9H10N4O4. The maximum absolute atomic E-state index is 10.4. The van der Waals surface area contributed by atoms with Gasteiger partial charge in [0, 0.05) is 6.42 Å². The zero-order valence-electron chi connectivity index (χ0n) is 8.83. The molecule has 0 saturated heterocycles. The minimum atomic E-state index is -0.630. The van der Waals surface area contributed by atoms with Gasteiger partial charge in [-0.25, -0.2) is 0 Å². The summed E-state index contributed by atoms with van der Waals surface area (Å²) in [6, 6.07) is 2.65. The molecule has 0 bridgehead atoms. The molecule has 0 aliphatic heterocycles. The quantitative estimate of drug-likeness (QED) is 0.611. The van der Waals surface area contributed by atoms with Gasteiger partial charge in [0.15, 0.2) is 5.76 Å². The Morgan fingerprint density at radius 1 is 1.35 bits per heavy atom. The molecule has 0 unspecified atom stereocenters. The van der Waals surface area contributed by atoms with Crippen LogP contribution in [-0.4, -0.2) is 21.7 Å². The van der Waals surface area contributed by atoms with Gasteiger partial charge in [-0.2, -0.15) is 0 Å². The van der Waals surface area contributed by atoms with E-state index in [1.807, 2.05) is 0 Å². The van der Waals surface area contributed by atoms with Gasteiger partial charge in [0.1, 0.15) is 4.92 Å². The topological polar surface area (TPSA) is 121 Å². The fourth-order valence-corrected chi connectivity index (χ4v) is 1.25. The van der Waals surface area contributed by atoms with Crippen molar-refractivity contribution in [1.82, 2.24) is 10.2 Å². The molecule has 8 nitrogen and oxygen atoms in total. The summed E-state index contributed by atoms with van der Waals surface area (Å²) in [5.74, 6) is 0.388. The van der Waals surface area contributed by atoms with E-state index in [0.717, 1.165) is 6.42 Å². The van der Waals surface area contributed by atoms with Gasteiger partial charge in [-0.1, -0.05) is 0 Å². The molecule has 2 aromatic rings. The lowest BCUT2D eigenvalue weighted by atomic mass is 10.3. The van der Waals surface area contributed by atoms with E-state index in [4.69, 9.17) is 14.6 Å². The molecule has 0 aromatic carbocycles. The van der Waals surface area contributed by atoms with Crippen molar-refractivity contribution in [2.45, 2.75) is 12.8 Å². The molecule has 0 spiro atoms. The average Bonchev–Trinajstić information content (AvgIpc) is 2.94. The number of hydrogen-bond acceptors (Lipinski definition) is 7. The van der Waals surface area contributed by atoms with Gasteiger partial charge >= 0.3 is 5.88 Å². The molecule has 0 aliphatic rings. The molecule has 0 saturated carbocycles. The Morgan fingerprint density at radius 3 is 2.82 bits per heavy atom. The second-order valence-electron chi connectivity index (χ2n) is 3.29. The molecule has 2 N–H and O–H groups in total. The summed E-state index contributed by atoms with van der Waals surface area (Å²) < 4.78 is 10.2. The molecule has 0 aliphatic carbocycles. The SMILES string of the molecule is NCCCc1nnc(-c2ccc([N+](=O)[O-])o2)o1. The van der Waals surface area contributed by atoms with Crippen LogP contribution in [0.4, 0.5) is 5.88 Å². The van der Waals surface area contributed by atoms with Gasteiger partial charge in [0.05, 0.1) is 6.07 Å². The molecule has 2 aromatic heterocycles. The maximum atomic E-state index is 10.4. The third-order valence-electron chi connectivity index (χ3n) is 2.04. The molecule has 2 rings (SSSR count). The first-order valence-electron chi connectivity index (χ1n) is 4.97. The zero-order chi connectivity index (χ0) is 12.3. The molecule has 17 heavy (non-hydrogen) atoms. The van der Waals surface area contributed by atoms with Crippen LogP contribution in [0.2, 0.25) is 0 Å². The van der Waals surface area contributed by atoms with E-state index in [2.05, 4.69) is 10.2 Å². The molecule has 0 radical (unpaired) electrons. The fraction of sp³-hybridized carbons (Fsp3) is 0.333. The van der Waals surface area contributed by atoms with Crippen molar-refractivity contribution >= 4 is 5.88 Å². The number of rotatable bonds is 5. The lowest BCUT2D eigenvalue weighted by molar-refractivity contribution is -0.401. The van der Waals surface area contributed by atoms with Crippen molar-refractivity contribution in [3.63, 3.8) is 0 Å². The van der Waals surface area contributed by atoms with E-state index in [-0.39, 0.29) is 17.5 Å². The number of aryl methyl sites for hydroxylation is 1. The Hall–Kier alpha value is -2.22. The van der Waals surface area contributed by atoms with E-state index >= 15 is 0 Å². The minimum Gasteiger partial charge on any atom is -0.418 e. The normalized spacial score (nSPS) is 10.6. The largest absolute Gasteiger partial charge is 0.433 e. The Labute approximate surface area is 95.6 Å². The number of nitro groups is 1. The highest BCUT2D eigenvalue weighted by molar-refractivity contribution is 5.45. The number of nitrogens with zero attached hydrogens (tertiary/aromatic N) is 3. The van der Waals surface area contributed by atoms with Gasteiger partial charge in [0.2, 0.25) is 5.89 Å². The van der Waals surface area contributed by atoms with Crippen LogP contribution in [-0.2, 0) is 6.42 Å².